The van der Waals surface area contributed by atoms with Crippen molar-refractivity contribution in [2.45, 2.75) is 39.4 Å². The van der Waals surface area contributed by atoms with Crippen LogP contribution in [0, 0.1) is 0 Å². The summed E-state index contributed by atoms with van der Waals surface area (Å²) in [4.78, 5) is 24.3. The van der Waals surface area contributed by atoms with Gasteiger partial charge in [-0.05, 0) is 50.5 Å². The highest BCUT2D eigenvalue weighted by Crippen LogP contribution is 2.37. The summed E-state index contributed by atoms with van der Waals surface area (Å²) in [5.74, 6) is 0.611. The number of benzene rings is 1. The summed E-state index contributed by atoms with van der Waals surface area (Å²) in [5.41, 5.74) is 3.21. The highest BCUT2D eigenvalue weighted by molar-refractivity contribution is 5.81. The van der Waals surface area contributed by atoms with Gasteiger partial charge in [0.05, 0.1) is 23.7 Å². The van der Waals surface area contributed by atoms with Gasteiger partial charge in [-0.15, -0.1) is 0 Å². The first-order valence-corrected chi connectivity index (χ1v) is 11.3. The number of aromatic nitrogens is 3. The molecule has 1 aliphatic heterocycles. The molecule has 0 fully saturated rings. The lowest BCUT2D eigenvalue weighted by atomic mass is 9.98. The molecule has 3 heterocycles. The van der Waals surface area contributed by atoms with Crippen LogP contribution < -0.4 is 9.64 Å². The number of hydrogen-bond acceptors (Lipinski definition) is 6. The van der Waals surface area contributed by atoms with Crippen molar-refractivity contribution in [3.8, 4) is 5.75 Å². The van der Waals surface area contributed by atoms with Gasteiger partial charge in [0, 0.05) is 33.3 Å². The summed E-state index contributed by atoms with van der Waals surface area (Å²) < 4.78 is 38.8. The lowest BCUT2D eigenvalue weighted by Crippen LogP contribution is -2.39. The van der Waals surface area contributed by atoms with E-state index >= 15 is 0 Å². The van der Waals surface area contributed by atoms with Crippen molar-refractivity contribution in [3.63, 3.8) is 0 Å². The van der Waals surface area contributed by atoms with Crippen molar-refractivity contribution in [2.24, 2.45) is 7.05 Å². The smallest absolute Gasteiger partial charge is 0.410 e. The number of anilines is 2. The Bertz CT molecular complexity index is 1270. The SMILES string of the molecule is CN(c1cc2c(cn1)ncn2C)c1ccc(C2=CCN(C(=O)OC(C)(C)C)CC2)cc1OC(F)F. The van der Waals surface area contributed by atoms with Gasteiger partial charge >= 0.3 is 12.7 Å². The summed E-state index contributed by atoms with van der Waals surface area (Å²) in [6.07, 6.45) is 5.45. The van der Waals surface area contributed by atoms with Gasteiger partial charge in [-0.25, -0.2) is 14.8 Å². The Morgan fingerprint density at radius 3 is 2.63 bits per heavy atom. The van der Waals surface area contributed by atoms with Crippen LogP contribution in [0.3, 0.4) is 0 Å². The molecule has 0 aliphatic carbocycles. The summed E-state index contributed by atoms with van der Waals surface area (Å²) >= 11 is 0. The van der Waals surface area contributed by atoms with E-state index in [9.17, 15) is 13.6 Å². The molecule has 3 aromatic rings. The number of amides is 1. The van der Waals surface area contributed by atoms with Crippen LogP contribution in [0.4, 0.5) is 25.1 Å². The Labute approximate surface area is 202 Å². The van der Waals surface area contributed by atoms with E-state index in [4.69, 9.17) is 9.47 Å². The van der Waals surface area contributed by atoms with Crippen LogP contribution in [-0.2, 0) is 11.8 Å². The fraction of sp³-hybridized carbons (Fsp3) is 0.400. The van der Waals surface area contributed by atoms with Gasteiger partial charge in [0.1, 0.15) is 22.7 Å². The van der Waals surface area contributed by atoms with E-state index in [1.165, 1.54) is 0 Å². The Kier molecular flexibility index (Phi) is 6.64. The van der Waals surface area contributed by atoms with Crippen molar-refractivity contribution in [2.75, 3.05) is 25.0 Å². The molecule has 10 heteroatoms. The van der Waals surface area contributed by atoms with Crippen LogP contribution >= 0.6 is 0 Å². The minimum absolute atomic E-state index is 0.0439. The lowest BCUT2D eigenvalue weighted by Gasteiger charge is -2.30. The highest BCUT2D eigenvalue weighted by atomic mass is 19.3. The Hall–Kier alpha value is -3.69. The molecule has 0 unspecified atom stereocenters. The number of halogens is 2. The number of aryl methyl sites for hydroxylation is 1. The molecule has 35 heavy (non-hydrogen) atoms. The molecule has 0 N–H and O–H groups in total. The first kappa shape index (κ1) is 24.4. The number of nitrogens with zero attached hydrogens (tertiary/aromatic N) is 5. The van der Waals surface area contributed by atoms with Crippen LogP contribution in [0.15, 0.2) is 42.9 Å². The van der Waals surface area contributed by atoms with Crippen LogP contribution in [0.5, 0.6) is 5.75 Å². The predicted molar refractivity (Wildman–Crippen MR) is 130 cm³/mol. The largest absolute Gasteiger partial charge is 0.444 e. The third-order valence-corrected chi connectivity index (χ3v) is 5.71. The van der Waals surface area contributed by atoms with E-state index < -0.39 is 12.2 Å². The number of imidazole rings is 1. The number of carbonyl (C=O) groups excluding carboxylic acids is 1. The zero-order chi connectivity index (χ0) is 25.3. The fourth-order valence-electron chi connectivity index (χ4n) is 3.93. The summed E-state index contributed by atoms with van der Waals surface area (Å²) in [7, 11) is 3.62. The molecule has 0 bridgehead atoms. The maximum Gasteiger partial charge on any atom is 0.410 e. The molecule has 2 aromatic heterocycles. The summed E-state index contributed by atoms with van der Waals surface area (Å²) in [5, 5.41) is 0. The summed E-state index contributed by atoms with van der Waals surface area (Å²) in [6.45, 7) is 3.34. The molecule has 4 rings (SSSR count). The van der Waals surface area contributed by atoms with Gasteiger partial charge in [0.2, 0.25) is 0 Å². The molecular weight excluding hydrogens is 456 g/mol. The maximum absolute atomic E-state index is 13.3. The van der Waals surface area contributed by atoms with E-state index in [0.29, 0.717) is 31.0 Å². The second-order valence-corrected chi connectivity index (χ2v) is 9.41. The van der Waals surface area contributed by atoms with Gasteiger partial charge < -0.3 is 23.8 Å². The Balaban J connectivity index is 1.59. The lowest BCUT2D eigenvalue weighted by molar-refractivity contribution is -0.0494. The van der Waals surface area contributed by atoms with E-state index in [2.05, 4.69) is 9.97 Å². The number of ether oxygens (including phenoxy) is 2. The molecule has 1 aromatic carbocycles. The average molecular weight is 486 g/mol. The zero-order valence-corrected chi connectivity index (χ0v) is 20.5. The van der Waals surface area contributed by atoms with Crippen molar-refractivity contribution in [3.05, 3.63) is 48.4 Å². The van der Waals surface area contributed by atoms with Gasteiger partial charge in [-0.3, -0.25) is 0 Å². The van der Waals surface area contributed by atoms with Crippen molar-refractivity contribution >= 4 is 34.2 Å². The monoisotopic (exact) mass is 485 g/mol. The molecule has 0 saturated heterocycles. The number of fused-ring (bicyclic) bond motifs is 1. The number of hydrogen-bond donors (Lipinski definition) is 0. The second-order valence-electron chi connectivity index (χ2n) is 9.41. The van der Waals surface area contributed by atoms with Gasteiger partial charge in [-0.2, -0.15) is 8.78 Å². The van der Waals surface area contributed by atoms with Crippen molar-refractivity contribution < 1.29 is 23.0 Å². The third kappa shape index (κ3) is 5.52. The van der Waals surface area contributed by atoms with Crippen LogP contribution in [0.25, 0.3) is 16.6 Å². The molecule has 0 atom stereocenters. The van der Waals surface area contributed by atoms with Gasteiger partial charge in [0.15, 0.2) is 0 Å². The molecule has 1 aliphatic rings. The van der Waals surface area contributed by atoms with Gasteiger partial charge in [0.25, 0.3) is 0 Å². The van der Waals surface area contributed by atoms with Crippen LogP contribution in [0.2, 0.25) is 0 Å². The Morgan fingerprint density at radius 1 is 1.20 bits per heavy atom. The number of alkyl halides is 2. The molecule has 0 saturated carbocycles. The molecule has 1 amide bonds. The van der Waals surface area contributed by atoms with Crippen LogP contribution in [0.1, 0.15) is 32.8 Å². The first-order valence-electron chi connectivity index (χ1n) is 11.3. The summed E-state index contributed by atoms with van der Waals surface area (Å²) in [6, 6.07) is 7.05. The molecular formula is C25H29F2N5O3. The Morgan fingerprint density at radius 2 is 1.97 bits per heavy atom. The number of pyridine rings is 1. The average Bonchev–Trinajstić information content (AvgIpc) is 3.17. The quantitative estimate of drug-likeness (QED) is 0.484. The topological polar surface area (TPSA) is 72.7 Å². The van der Waals surface area contributed by atoms with E-state index in [1.54, 1.807) is 41.5 Å². The minimum Gasteiger partial charge on any atom is -0.444 e. The first-order chi connectivity index (χ1) is 16.5. The second kappa shape index (κ2) is 9.52. The minimum atomic E-state index is -2.98. The predicted octanol–water partition coefficient (Wildman–Crippen LogP) is 5.36. The third-order valence-electron chi connectivity index (χ3n) is 5.71. The van der Waals surface area contributed by atoms with Crippen molar-refractivity contribution in [1.82, 2.24) is 19.4 Å². The maximum atomic E-state index is 13.3. The van der Waals surface area contributed by atoms with Crippen molar-refractivity contribution in [1.29, 1.82) is 0 Å². The zero-order valence-electron chi connectivity index (χ0n) is 20.5. The molecule has 8 nitrogen and oxygen atoms in total. The number of rotatable bonds is 5. The highest BCUT2D eigenvalue weighted by Gasteiger charge is 2.25. The standard InChI is InChI=1S/C25H29F2N5O3/c1-25(2,3)35-24(33)32-10-8-16(9-11-32)17-6-7-19(21(12-17)34-23(26)27)31(5)22-13-20-18(14-28-22)29-15-30(20)4/h6-8,12-15,23H,9-11H2,1-5H3. The van der Waals surface area contributed by atoms with E-state index in [-0.39, 0.29) is 11.8 Å². The van der Waals surface area contributed by atoms with Crippen LogP contribution in [-0.4, -0.2) is 57.9 Å². The number of carbonyl (C=O) groups is 1. The van der Waals surface area contributed by atoms with E-state index in [0.717, 1.165) is 22.2 Å². The molecule has 0 radical (unpaired) electrons. The molecule has 186 valence electrons. The van der Waals surface area contributed by atoms with E-state index in [1.807, 2.05) is 50.6 Å². The fourth-order valence-corrected chi connectivity index (χ4v) is 3.93. The molecule has 0 spiro atoms. The van der Waals surface area contributed by atoms with Gasteiger partial charge in [-0.1, -0.05) is 12.1 Å². The normalized spacial score (nSPS) is 14.3.